The van der Waals surface area contributed by atoms with Crippen LogP contribution in [0.2, 0.25) is 0 Å². The molecule has 0 amide bonds. The van der Waals surface area contributed by atoms with Gasteiger partial charge < -0.3 is 19.7 Å². The Balaban J connectivity index is 2.30. The van der Waals surface area contributed by atoms with Crippen molar-refractivity contribution in [2.75, 3.05) is 59.4 Å². The summed E-state index contributed by atoms with van der Waals surface area (Å²) in [5, 5.41) is 3.31. The van der Waals surface area contributed by atoms with E-state index in [4.69, 9.17) is 9.47 Å². The SMILES string of the molecule is CN=C(NCCCCOCCOC)N1CCS(=O)(=O)C(C)(C)C1. The molecule has 1 saturated heterocycles. The van der Waals surface area contributed by atoms with E-state index in [1.165, 1.54) is 0 Å². The second kappa shape index (κ2) is 9.44. The van der Waals surface area contributed by atoms with Gasteiger partial charge in [0.2, 0.25) is 0 Å². The zero-order chi connectivity index (χ0) is 17.3. The number of methoxy groups -OCH3 is 1. The van der Waals surface area contributed by atoms with Gasteiger partial charge in [0.1, 0.15) is 0 Å². The van der Waals surface area contributed by atoms with Crippen molar-refractivity contribution >= 4 is 15.8 Å². The summed E-state index contributed by atoms with van der Waals surface area (Å²) in [5.74, 6) is 0.946. The molecule has 0 atom stereocenters. The molecule has 0 unspecified atom stereocenters. The molecular weight excluding hydrogens is 318 g/mol. The molecule has 1 fully saturated rings. The van der Waals surface area contributed by atoms with E-state index in [1.54, 1.807) is 28.0 Å². The molecule has 0 aliphatic carbocycles. The summed E-state index contributed by atoms with van der Waals surface area (Å²) in [7, 11) is 0.360. The van der Waals surface area contributed by atoms with Gasteiger partial charge in [-0.15, -0.1) is 0 Å². The molecule has 1 heterocycles. The fraction of sp³-hybridized carbons (Fsp3) is 0.933. The van der Waals surface area contributed by atoms with E-state index in [0.29, 0.717) is 26.3 Å². The topological polar surface area (TPSA) is 80.2 Å². The van der Waals surface area contributed by atoms with E-state index in [2.05, 4.69) is 10.3 Å². The third-order valence-corrected chi connectivity index (χ3v) is 6.52. The predicted molar refractivity (Wildman–Crippen MR) is 92.7 cm³/mol. The van der Waals surface area contributed by atoms with Crippen LogP contribution in [-0.4, -0.2) is 83.4 Å². The van der Waals surface area contributed by atoms with Gasteiger partial charge in [0.15, 0.2) is 15.8 Å². The Morgan fingerprint density at radius 1 is 1.26 bits per heavy atom. The van der Waals surface area contributed by atoms with Crippen LogP contribution in [0, 0.1) is 0 Å². The minimum absolute atomic E-state index is 0.175. The smallest absolute Gasteiger partial charge is 0.193 e. The molecular formula is C15H31N3O4S. The summed E-state index contributed by atoms with van der Waals surface area (Å²) in [6, 6.07) is 0. The van der Waals surface area contributed by atoms with Crippen molar-refractivity contribution in [1.29, 1.82) is 0 Å². The summed E-state index contributed by atoms with van der Waals surface area (Å²) in [4.78, 5) is 6.30. The Hall–Kier alpha value is -0.860. The minimum Gasteiger partial charge on any atom is -0.382 e. The number of hydrogen-bond acceptors (Lipinski definition) is 5. The molecule has 1 N–H and O–H groups in total. The third-order valence-electron chi connectivity index (χ3n) is 3.99. The van der Waals surface area contributed by atoms with Gasteiger partial charge in [-0.3, -0.25) is 4.99 Å². The van der Waals surface area contributed by atoms with Crippen molar-refractivity contribution in [2.45, 2.75) is 31.4 Å². The fourth-order valence-electron chi connectivity index (χ4n) is 2.43. The number of hydrogen-bond donors (Lipinski definition) is 1. The maximum atomic E-state index is 12.1. The average molecular weight is 349 g/mol. The Bertz CT molecular complexity index is 477. The zero-order valence-corrected chi connectivity index (χ0v) is 15.6. The summed E-state index contributed by atoms with van der Waals surface area (Å²) in [6.45, 7) is 7.28. The number of guanidine groups is 1. The highest BCUT2D eigenvalue weighted by molar-refractivity contribution is 7.92. The lowest BCUT2D eigenvalue weighted by molar-refractivity contribution is 0.0689. The Morgan fingerprint density at radius 2 is 2.00 bits per heavy atom. The van der Waals surface area contributed by atoms with Gasteiger partial charge in [0, 0.05) is 40.4 Å². The first-order valence-electron chi connectivity index (χ1n) is 8.08. The van der Waals surface area contributed by atoms with Crippen molar-refractivity contribution in [3.8, 4) is 0 Å². The molecule has 0 spiro atoms. The van der Waals surface area contributed by atoms with Crippen LogP contribution in [0.5, 0.6) is 0 Å². The van der Waals surface area contributed by atoms with Crippen LogP contribution in [0.15, 0.2) is 4.99 Å². The third kappa shape index (κ3) is 6.27. The molecule has 136 valence electrons. The lowest BCUT2D eigenvalue weighted by Gasteiger charge is -2.39. The number of nitrogens with one attached hydrogen (secondary N) is 1. The molecule has 8 heteroatoms. The normalized spacial score (nSPS) is 20.5. The van der Waals surface area contributed by atoms with Gasteiger partial charge in [0.05, 0.1) is 23.7 Å². The molecule has 0 radical (unpaired) electrons. The molecule has 0 aromatic carbocycles. The highest BCUT2D eigenvalue weighted by Gasteiger charge is 2.40. The van der Waals surface area contributed by atoms with E-state index in [0.717, 1.165) is 32.0 Å². The second-order valence-corrected chi connectivity index (χ2v) is 9.03. The summed E-state index contributed by atoms with van der Waals surface area (Å²) < 4.78 is 33.7. The van der Waals surface area contributed by atoms with Crippen molar-refractivity contribution in [1.82, 2.24) is 10.2 Å². The molecule has 0 aromatic heterocycles. The van der Waals surface area contributed by atoms with Crippen molar-refractivity contribution in [3.63, 3.8) is 0 Å². The molecule has 23 heavy (non-hydrogen) atoms. The Labute approximate surface area is 140 Å². The van der Waals surface area contributed by atoms with Crippen LogP contribution in [0.1, 0.15) is 26.7 Å². The van der Waals surface area contributed by atoms with Gasteiger partial charge in [-0.2, -0.15) is 0 Å². The van der Waals surface area contributed by atoms with E-state index in [9.17, 15) is 8.42 Å². The second-order valence-electron chi connectivity index (χ2n) is 6.29. The monoisotopic (exact) mass is 349 g/mol. The van der Waals surface area contributed by atoms with Crippen molar-refractivity contribution in [2.24, 2.45) is 4.99 Å². The molecule has 1 rings (SSSR count). The number of sulfone groups is 1. The van der Waals surface area contributed by atoms with Crippen LogP contribution >= 0.6 is 0 Å². The van der Waals surface area contributed by atoms with Crippen LogP contribution in [0.25, 0.3) is 0 Å². The van der Waals surface area contributed by atoms with Gasteiger partial charge >= 0.3 is 0 Å². The van der Waals surface area contributed by atoms with Crippen LogP contribution < -0.4 is 5.32 Å². The lowest BCUT2D eigenvalue weighted by atomic mass is 10.2. The molecule has 0 aromatic rings. The van der Waals surface area contributed by atoms with Gasteiger partial charge in [-0.25, -0.2) is 8.42 Å². The number of rotatable bonds is 8. The number of aliphatic imine (C=N–C) groups is 1. The highest BCUT2D eigenvalue weighted by atomic mass is 32.2. The summed E-state index contributed by atoms with van der Waals surface area (Å²) in [6.07, 6.45) is 1.94. The largest absolute Gasteiger partial charge is 0.382 e. The van der Waals surface area contributed by atoms with E-state index < -0.39 is 14.6 Å². The molecule has 1 aliphatic heterocycles. The molecule has 1 aliphatic rings. The maximum absolute atomic E-state index is 12.1. The van der Waals surface area contributed by atoms with Crippen molar-refractivity contribution in [3.05, 3.63) is 0 Å². The van der Waals surface area contributed by atoms with Gasteiger partial charge in [-0.1, -0.05) is 0 Å². The first kappa shape index (κ1) is 20.2. The van der Waals surface area contributed by atoms with E-state index in [-0.39, 0.29) is 5.75 Å². The zero-order valence-electron chi connectivity index (χ0n) is 14.8. The summed E-state index contributed by atoms with van der Waals surface area (Å²) in [5.41, 5.74) is 0. The van der Waals surface area contributed by atoms with Gasteiger partial charge in [-0.05, 0) is 26.7 Å². The number of unbranched alkanes of at least 4 members (excludes halogenated alkanes) is 1. The highest BCUT2D eigenvalue weighted by Crippen LogP contribution is 2.23. The quantitative estimate of drug-likeness (QED) is 0.391. The first-order chi connectivity index (χ1) is 10.8. The van der Waals surface area contributed by atoms with Gasteiger partial charge in [0.25, 0.3) is 0 Å². The Morgan fingerprint density at radius 3 is 2.61 bits per heavy atom. The van der Waals surface area contributed by atoms with Crippen LogP contribution in [0.4, 0.5) is 0 Å². The number of nitrogens with zero attached hydrogens (tertiary/aromatic N) is 2. The fourth-order valence-corrected chi connectivity index (χ4v) is 3.80. The molecule has 0 bridgehead atoms. The standard InChI is InChI=1S/C15H31N3O4S/c1-15(2)13-18(8-12-23(15,19)20)14(16-3)17-7-5-6-9-22-11-10-21-4/h5-13H2,1-4H3,(H,16,17). The first-order valence-corrected chi connectivity index (χ1v) is 9.74. The predicted octanol–water partition coefficient (Wildman–Crippen LogP) is 0.514. The average Bonchev–Trinajstić information content (AvgIpc) is 2.49. The number of ether oxygens (including phenoxy) is 2. The maximum Gasteiger partial charge on any atom is 0.193 e. The molecule has 7 nitrogen and oxygen atoms in total. The van der Waals surface area contributed by atoms with E-state index >= 15 is 0 Å². The van der Waals surface area contributed by atoms with Crippen molar-refractivity contribution < 1.29 is 17.9 Å². The minimum atomic E-state index is -3.03. The molecule has 0 saturated carbocycles. The van der Waals surface area contributed by atoms with E-state index in [1.807, 2.05) is 4.90 Å². The Kier molecular flexibility index (Phi) is 8.28. The van der Waals surface area contributed by atoms with Crippen LogP contribution in [-0.2, 0) is 19.3 Å². The van der Waals surface area contributed by atoms with Crippen LogP contribution in [0.3, 0.4) is 0 Å². The summed E-state index contributed by atoms with van der Waals surface area (Å²) >= 11 is 0. The lowest BCUT2D eigenvalue weighted by Crippen LogP contribution is -2.57.